The van der Waals surface area contributed by atoms with Crippen molar-refractivity contribution in [3.63, 3.8) is 0 Å². The number of fused-ring (bicyclic) bond motifs is 1. The smallest absolute Gasteiger partial charge is 0.344 e. The zero-order valence-corrected chi connectivity index (χ0v) is 17.5. The molecular weight excluding hydrogens is 400 g/mol. The van der Waals surface area contributed by atoms with Gasteiger partial charge in [0.25, 0.3) is 0 Å². The van der Waals surface area contributed by atoms with Crippen molar-refractivity contribution in [2.75, 3.05) is 26.3 Å². The maximum atomic E-state index is 12.9. The van der Waals surface area contributed by atoms with Crippen LogP contribution in [-0.2, 0) is 20.7 Å². The number of allylic oxidation sites excluding steroid dienone is 2. The molecule has 2 atom stereocenters. The third-order valence-electron chi connectivity index (χ3n) is 5.31. The molecule has 0 aromatic heterocycles. The Balaban J connectivity index is 1.71. The molecule has 31 heavy (non-hydrogen) atoms. The first-order valence-electron chi connectivity index (χ1n) is 10.1. The van der Waals surface area contributed by atoms with Gasteiger partial charge in [0, 0.05) is 18.3 Å². The fourth-order valence-corrected chi connectivity index (χ4v) is 3.77. The molecule has 2 aliphatic rings. The minimum Gasteiger partial charge on any atom is -0.507 e. The highest BCUT2D eigenvalue weighted by molar-refractivity contribution is 6.01. The summed E-state index contributed by atoms with van der Waals surface area (Å²) in [5, 5.41) is 19.7. The SMILES string of the molecule is CCOC(=O)COc1ccc(C(=O)CN2C=C3C=CC(C#N)C(=O)C3C2)c(O)c1CC. The third-order valence-corrected chi connectivity index (χ3v) is 5.31. The second-order valence-corrected chi connectivity index (χ2v) is 7.29. The minimum atomic E-state index is -0.754. The lowest BCUT2D eigenvalue weighted by Gasteiger charge is -2.20. The maximum absolute atomic E-state index is 12.9. The van der Waals surface area contributed by atoms with Crippen LogP contribution in [0.25, 0.3) is 0 Å². The van der Waals surface area contributed by atoms with E-state index >= 15 is 0 Å². The number of benzene rings is 1. The molecule has 0 bridgehead atoms. The number of aromatic hydroxyl groups is 1. The van der Waals surface area contributed by atoms with E-state index in [1.165, 1.54) is 6.07 Å². The molecule has 8 heteroatoms. The maximum Gasteiger partial charge on any atom is 0.344 e. The van der Waals surface area contributed by atoms with Gasteiger partial charge >= 0.3 is 5.97 Å². The minimum absolute atomic E-state index is 0.0158. The monoisotopic (exact) mass is 424 g/mol. The number of ketones is 2. The van der Waals surface area contributed by atoms with Crippen molar-refractivity contribution in [3.05, 3.63) is 47.2 Å². The molecule has 0 saturated heterocycles. The Hall–Kier alpha value is -3.60. The summed E-state index contributed by atoms with van der Waals surface area (Å²) < 4.78 is 10.3. The van der Waals surface area contributed by atoms with E-state index in [1.54, 1.807) is 43.2 Å². The van der Waals surface area contributed by atoms with Crippen LogP contribution in [0.5, 0.6) is 11.5 Å². The molecule has 162 valence electrons. The lowest BCUT2D eigenvalue weighted by molar-refractivity contribution is -0.145. The third kappa shape index (κ3) is 4.61. The van der Waals surface area contributed by atoms with Crippen LogP contribution in [0.4, 0.5) is 0 Å². The molecule has 0 fully saturated rings. The van der Waals surface area contributed by atoms with E-state index in [9.17, 15) is 19.5 Å². The first-order chi connectivity index (χ1) is 14.9. The van der Waals surface area contributed by atoms with E-state index in [0.29, 0.717) is 24.3 Å². The van der Waals surface area contributed by atoms with Gasteiger partial charge in [-0.1, -0.05) is 19.1 Å². The number of nitriles is 1. The van der Waals surface area contributed by atoms with Crippen LogP contribution in [0, 0.1) is 23.2 Å². The van der Waals surface area contributed by atoms with Gasteiger partial charge in [-0.05, 0) is 31.1 Å². The summed E-state index contributed by atoms with van der Waals surface area (Å²) in [5.74, 6) is -2.03. The lowest BCUT2D eigenvalue weighted by atomic mass is 9.84. The standard InChI is InChI=1S/C23H24N2O6/c1-3-16-20(31-13-21(27)30-4-2)8-7-17(23(16)29)19(26)12-25-10-15-6-5-14(9-24)22(28)18(15)11-25/h5-8,10,14,18,29H,3-4,11-13H2,1-2H3. The Morgan fingerprint density at radius 3 is 2.77 bits per heavy atom. The van der Waals surface area contributed by atoms with Gasteiger partial charge in [-0.25, -0.2) is 4.79 Å². The molecule has 1 aliphatic carbocycles. The molecule has 1 N–H and O–H groups in total. The zero-order chi connectivity index (χ0) is 22.5. The molecule has 8 nitrogen and oxygen atoms in total. The number of ether oxygens (including phenoxy) is 2. The predicted molar refractivity (Wildman–Crippen MR) is 110 cm³/mol. The van der Waals surface area contributed by atoms with Gasteiger partial charge in [0.15, 0.2) is 18.2 Å². The van der Waals surface area contributed by atoms with Crippen LogP contribution < -0.4 is 4.74 Å². The van der Waals surface area contributed by atoms with Crippen molar-refractivity contribution in [1.82, 2.24) is 4.90 Å². The number of rotatable bonds is 8. The van der Waals surface area contributed by atoms with E-state index in [1.807, 2.05) is 6.07 Å². The lowest BCUT2D eigenvalue weighted by Crippen LogP contribution is -2.31. The number of carbonyl (C=O) groups excluding carboxylic acids is 3. The average molecular weight is 424 g/mol. The number of Topliss-reactive ketones (excluding diaryl/α,β-unsaturated/α-hetero) is 2. The van der Waals surface area contributed by atoms with E-state index < -0.39 is 17.8 Å². The number of phenols is 1. The van der Waals surface area contributed by atoms with Gasteiger partial charge in [-0.3, -0.25) is 9.59 Å². The van der Waals surface area contributed by atoms with Crippen LogP contribution in [0.3, 0.4) is 0 Å². The largest absolute Gasteiger partial charge is 0.507 e. The van der Waals surface area contributed by atoms with Gasteiger partial charge in [-0.15, -0.1) is 0 Å². The Labute approximate surface area is 180 Å². The summed E-state index contributed by atoms with van der Waals surface area (Å²) in [7, 11) is 0. The molecule has 0 amide bonds. The molecule has 1 aromatic carbocycles. The van der Waals surface area contributed by atoms with E-state index in [4.69, 9.17) is 14.7 Å². The summed E-state index contributed by atoms with van der Waals surface area (Å²) in [6.45, 7) is 3.76. The normalized spacial score (nSPS) is 19.5. The number of hydrogen-bond donors (Lipinski definition) is 1. The van der Waals surface area contributed by atoms with Gasteiger partial charge in [-0.2, -0.15) is 5.26 Å². The zero-order valence-electron chi connectivity index (χ0n) is 17.5. The van der Waals surface area contributed by atoms with Crippen LogP contribution in [0.1, 0.15) is 29.8 Å². The Morgan fingerprint density at radius 2 is 2.10 bits per heavy atom. The van der Waals surface area contributed by atoms with Crippen molar-refractivity contribution < 1.29 is 29.0 Å². The average Bonchev–Trinajstić information content (AvgIpc) is 3.16. The highest BCUT2D eigenvalue weighted by Crippen LogP contribution is 2.34. The molecule has 0 saturated carbocycles. The van der Waals surface area contributed by atoms with Gasteiger partial charge < -0.3 is 19.5 Å². The second-order valence-electron chi connectivity index (χ2n) is 7.29. The summed E-state index contributed by atoms with van der Waals surface area (Å²) >= 11 is 0. The molecule has 1 aromatic rings. The molecular formula is C23H24N2O6. The molecule has 3 rings (SSSR count). The number of carbonyl (C=O) groups is 3. The van der Waals surface area contributed by atoms with E-state index in [0.717, 1.165) is 5.57 Å². The Bertz CT molecular complexity index is 1000. The summed E-state index contributed by atoms with van der Waals surface area (Å²) in [5.41, 5.74) is 1.36. The van der Waals surface area contributed by atoms with Crippen LogP contribution in [0.2, 0.25) is 0 Å². The summed E-state index contributed by atoms with van der Waals surface area (Å²) in [6.07, 6.45) is 5.48. The van der Waals surface area contributed by atoms with E-state index in [-0.39, 0.29) is 42.6 Å². The van der Waals surface area contributed by atoms with Gasteiger partial charge in [0.1, 0.15) is 17.4 Å². The first kappa shape index (κ1) is 22.1. The number of phenolic OH excluding ortho intramolecular Hbond substituents is 1. The summed E-state index contributed by atoms with van der Waals surface area (Å²) in [6, 6.07) is 4.99. The van der Waals surface area contributed by atoms with Gasteiger partial charge in [0.2, 0.25) is 0 Å². The topological polar surface area (TPSA) is 117 Å². The van der Waals surface area contributed by atoms with Crippen molar-refractivity contribution in [1.29, 1.82) is 5.26 Å². The van der Waals surface area contributed by atoms with Gasteiger partial charge in [0.05, 0.1) is 30.7 Å². The number of esters is 1. The fraction of sp³-hybridized carbons (Fsp3) is 0.391. The predicted octanol–water partition coefficient (Wildman–Crippen LogP) is 2.17. The highest BCUT2D eigenvalue weighted by atomic mass is 16.6. The molecule has 2 unspecified atom stereocenters. The summed E-state index contributed by atoms with van der Waals surface area (Å²) in [4.78, 5) is 38.5. The Kier molecular flexibility index (Phi) is 6.75. The van der Waals surface area contributed by atoms with Crippen molar-refractivity contribution >= 4 is 17.5 Å². The Morgan fingerprint density at radius 1 is 1.32 bits per heavy atom. The quantitative estimate of drug-likeness (QED) is 0.498. The molecule has 0 spiro atoms. The van der Waals surface area contributed by atoms with Crippen LogP contribution in [-0.4, -0.2) is 53.8 Å². The van der Waals surface area contributed by atoms with Crippen LogP contribution in [0.15, 0.2) is 36.1 Å². The molecule has 0 radical (unpaired) electrons. The van der Waals surface area contributed by atoms with E-state index in [2.05, 4.69) is 0 Å². The van der Waals surface area contributed by atoms with Crippen molar-refractivity contribution in [2.45, 2.75) is 20.3 Å². The van der Waals surface area contributed by atoms with Crippen molar-refractivity contribution in [3.8, 4) is 17.6 Å². The van der Waals surface area contributed by atoms with Crippen LogP contribution >= 0.6 is 0 Å². The molecule has 1 aliphatic heterocycles. The second kappa shape index (κ2) is 9.47. The molecule has 1 heterocycles. The fourth-order valence-electron chi connectivity index (χ4n) is 3.77. The first-order valence-corrected chi connectivity index (χ1v) is 10.1. The number of nitrogens with zero attached hydrogens (tertiary/aromatic N) is 2. The highest BCUT2D eigenvalue weighted by Gasteiger charge is 2.36. The van der Waals surface area contributed by atoms with Crippen molar-refractivity contribution in [2.24, 2.45) is 11.8 Å². The number of hydrogen-bond acceptors (Lipinski definition) is 8.